The monoisotopic (exact) mass is 330 g/mol. The van der Waals surface area contributed by atoms with E-state index >= 15 is 0 Å². The molecule has 2 rings (SSSR count). The first-order chi connectivity index (χ1) is 10.8. The third kappa shape index (κ3) is 4.41. The molecule has 0 saturated heterocycles. The standard InChI is InChI=1S/C15H11F5N2O/c16-11-6-5-9(7-12(11)17)22-14(23)8-21-13-4-2-1-3-10(13)15(18,19)20/h1-7,21H,8H2,(H,22,23). The van der Waals surface area contributed by atoms with Crippen LogP contribution < -0.4 is 10.6 Å². The quantitative estimate of drug-likeness (QED) is 0.831. The average Bonchev–Trinajstić information content (AvgIpc) is 2.48. The number of hydrogen-bond donors (Lipinski definition) is 2. The van der Waals surface area contributed by atoms with Crippen LogP contribution in [0.15, 0.2) is 42.5 Å². The Morgan fingerprint density at radius 3 is 2.35 bits per heavy atom. The van der Waals surface area contributed by atoms with Crippen molar-refractivity contribution in [1.82, 2.24) is 0 Å². The van der Waals surface area contributed by atoms with E-state index < -0.39 is 35.8 Å². The number of alkyl halides is 3. The van der Waals surface area contributed by atoms with E-state index in [9.17, 15) is 26.7 Å². The summed E-state index contributed by atoms with van der Waals surface area (Å²) in [6, 6.07) is 7.44. The van der Waals surface area contributed by atoms with Gasteiger partial charge >= 0.3 is 6.18 Å². The molecule has 0 fully saturated rings. The average molecular weight is 330 g/mol. The van der Waals surface area contributed by atoms with Crippen LogP contribution in [0.25, 0.3) is 0 Å². The fraction of sp³-hybridized carbons (Fsp3) is 0.133. The largest absolute Gasteiger partial charge is 0.418 e. The van der Waals surface area contributed by atoms with Crippen LogP contribution in [0, 0.1) is 11.6 Å². The van der Waals surface area contributed by atoms with Crippen LogP contribution in [0.1, 0.15) is 5.56 Å². The number of carbonyl (C=O) groups is 1. The van der Waals surface area contributed by atoms with Crippen LogP contribution in [0.2, 0.25) is 0 Å². The Bertz CT molecular complexity index is 715. The molecule has 8 heteroatoms. The Morgan fingerprint density at radius 2 is 1.70 bits per heavy atom. The smallest absolute Gasteiger partial charge is 0.376 e. The molecule has 0 aliphatic heterocycles. The minimum absolute atomic E-state index is 0.000179. The van der Waals surface area contributed by atoms with Gasteiger partial charge in [-0.25, -0.2) is 8.78 Å². The van der Waals surface area contributed by atoms with Crippen molar-refractivity contribution in [2.24, 2.45) is 0 Å². The Labute approximate surface area is 128 Å². The van der Waals surface area contributed by atoms with Crippen molar-refractivity contribution in [3.63, 3.8) is 0 Å². The maximum Gasteiger partial charge on any atom is 0.418 e. The fourth-order valence-corrected chi connectivity index (χ4v) is 1.84. The van der Waals surface area contributed by atoms with Crippen LogP contribution >= 0.6 is 0 Å². The highest BCUT2D eigenvalue weighted by molar-refractivity contribution is 5.93. The molecule has 0 bridgehead atoms. The number of carbonyl (C=O) groups excluding carboxylic acids is 1. The summed E-state index contributed by atoms with van der Waals surface area (Å²) in [6.45, 7) is -0.466. The molecule has 3 nitrogen and oxygen atoms in total. The minimum Gasteiger partial charge on any atom is -0.376 e. The van der Waals surface area contributed by atoms with E-state index in [0.717, 1.165) is 24.3 Å². The van der Waals surface area contributed by atoms with E-state index in [-0.39, 0.29) is 11.4 Å². The van der Waals surface area contributed by atoms with Crippen molar-refractivity contribution in [3.8, 4) is 0 Å². The van der Waals surface area contributed by atoms with Gasteiger partial charge in [0.25, 0.3) is 0 Å². The maximum absolute atomic E-state index is 13.0. The van der Waals surface area contributed by atoms with Gasteiger partial charge < -0.3 is 10.6 Å². The zero-order chi connectivity index (χ0) is 17.0. The second-order valence-corrected chi connectivity index (χ2v) is 4.57. The minimum atomic E-state index is -4.56. The van der Waals surface area contributed by atoms with Gasteiger partial charge in [0.15, 0.2) is 11.6 Å². The fourth-order valence-electron chi connectivity index (χ4n) is 1.84. The lowest BCUT2D eigenvalue weighted by Crippen LogP contribution is -2.23. The topological polar surface area (TPSA) is 41.1 Å². The lowest BCUT2D eigenvalue weighted by molar-refractivity contribution is -0.137. The summed E-state index contributed by atoms with van der Waals surface area (Å²) < 4.78 is 64.1. The highest BCUT2D eigenvalue weighted by Gasteiger charge is 2.33. The number of halogens is 5. The van der Waals surface area contributed by atoms with Gasteiger partial charge in [0, 0.05) is 17.4 Å². The van der Waals surface area contributed by atoms with E-state index in [1.807, 2.05) is 0 Å². The summed E-state index contributed by atoms with van der Waals surface area (Å²) in [5.41, 5.74) is -1.15. The van der Waals surface area contributed by atoms with Crippen LogP contribution in [0.4, 0.5) is 33.3 Å². The molecule has 0 unspecified atom stereocenters. The predicted molar refractivity (Wildman–Crippen MR) is 74.9 cm³/mol. The number of benzene rings is 2. The van der Waals surface area contributed by atoms with Gasteiger partial charge in [-0.2, -0.15) is 13.2 Å². The van der Waals surface area contributed by atoms with Gasteiger partial charge in [0.1, 0.15) is 0 Å². The Hall–Kier alpha value is -2.64. The van der Waals surface area contributed by atoms with E-state index in [0.29, 0.717) is 0 Å². The molecule has 0 aliphatic rings. The van der Waals surface area contributed by atoms with Crippen molar-refractivity contribution in [2.45, 2.75) is 6.18 Å². The Morgan fingerprint density at radius 1 is 1.00 bits per heavy atom. The highest BCUT2D eigenvalue weighted by atomic mass is 19.4. The molecule has 2 aromatic rings. The molecule has 0 saturated carbocycles. The van der Waals surface area contributed by atoms with E-state index in [2.05, 4.69) is 10.6 Å². The molecule has 23 heavy (non-hydrogen) atoms. The van der Waals surface area contributed by atoms with Crippen LogP contribution in [0.3, 0.4) is 0 Å². The number of para-hydroxylation sites is 1. The molecule has 0 atom stereocenters. The molecule has 0 aromatic heterocycles. The van der Waals surface area contributed by atoms with Gasteiger partial charge in [-0.1, -0.05) is 12.1 Å². The SMILES string of the molecule is O=C(CNc1ccccc1C(F)(F)F)Nc1ccc(F)c(F)c1. The predicted octanol–water partition coefficient (Wildman–Crippen LogP) is 4.03. The normalized spacial score (nSPS) is 11.2. The first kappa shape index (κ1) is 16.7. The molecule has 122 valence electrons. The van der Waals surface area contributed by atoms with Crippen LogP contribution in [0.5, 0.6) is 0 Å². The summed E-state index contributed by atoms with van der Waals surface area (Å²) >= 11 is 0. The van der Waals surface area contributed by atoms with Crippen LogP contribution in [-0.4, -0.2) is 12.5 Å². The molecular formula is C15H11F5N2O. The molecule has 0 heterocycles. The van der Waals surface area contributed by atoms with E-state index in [1.165, 1.54) is 18.2 Å². The van der Waals surface area contributed by atoms with Crippen molar-refractivity contribution >= 4 is 17.3 Å². The van der Waals surface area contributed by atoms with Crippen molar-refractivity contribution in [3.05, 3.63) is 59.7 Å². The van der Waals surface area contributed by atoms with Gasteiger partial charge in [-0.3, -0.25) is 4.79 Å². The van der Waals surface area contributed by atoms with E-state index in [1.54, 1.807) is 0 Å². The van der Waals surface area contributed by atoms with Crippen molar-refractivity contribution in [1.29, 1.82) is 0 Å². The first-order valence-electron chi connectivity index (χ1n) is 6.42. The molecule has 0 aliphatic carbocycles. The van der Waals surface area contributed by atoms with Gasteiger partial charge in [-0.15, -0.1) is 0 Å². The number of nitrogens with one attached hydrogen (secondary N) is 2. The third-order valence-electron chi connectivity index (χ3n) is 2.88. The lowest BCUT2D eigenvalue weighted by Gasteiger charge is -2.14. The number of amides is 1. The zero-order valence-corrected chi connectivity index (χ0v) is 11.5. The zero-order valence-electron chi connectivity index (χ0n) is 11.5. The summed E-state index contributed by atoms with van der Waals surface area (Å²) in [5.74, 6) is -2.91. The molecule has 1 amide bonds. The summed E-state index contributed by atoms with van der Waals surface area (Å²) in [7, 11) is 0. The third-order valence-corrected chi connectivity index (χ3v) is 2.88. The molecule has 0 spiro atoms. The van der Waals surface area contributed by atoms with Crippen LogP contribution in [-0.2, 0) is 11.0 Å². The Balaban J connectivity index is 2.01. The highest BCUT2D eigenvalue weighted by Crippen LogP contribution is 2.34. The van der Waals surface area contributed by atoms with Crippen molar-refractivity contribution in [2.75, 3.05) is 17.2 Å². The first-order valence-corrected chi connectivity index (χ1v) is 6.42. The summed E-state index contributed by atoms with van der Waals surface area (Å²) in [4.78, 5) is 11.7. The number of rotatable bonds is 4. The molecule has 2 aromatic carbocycles. The van der Waals surface area contributed by atoms with Crippen molar-refractivity contribution < 1.29 is 26.7 Å². The van der Waals surface area contributed by atoms with Gasteiger partial charge in [0.05, 0.1) is 12.1 Å². The second kappa shape index (κ2) is 6.64. The summed E-state index contributed by atoms with van der Waals surface area (Å²) in [5, 5.41) is 4.62. The lowest BCUT2D eigenvalue weighted by atomic mass is 10.1. The number of anilines is 2. The second-order valence-electron chi connectivity index (χ2n) is 4.57. The molecular weight excluding hydrogens is 319 g/mol. The number of hydrogen-bond acceptors (Lipinski definition) is 2. The van der Waals surface area contributed by atoms with Gasteiger partial charge in [0.2, 0.25) is 5.91 Å². The van der Waals surface area contributed by atoms with Gasteiger partial charge in [-0.05, 0) is 24.3 Å². The maximum atomic E-state index is 13.0. The molecule has 2 N–H and O–H groups in total. The Kier molecular flexibility index (Phi) is 4.83. The molecule has 0 radical (unpaired) electrons. The van der Waals surface area contributed by atoms with E-state index in [4.69, 9.17) is 0 Å². The summed E-state index contributed by atoms with van der Waals surface area (Å²) in [6.07, 6.45) is -4.56.